The Bertz CT molecular complexity index is 1420. The van der Waals surface area contributed by atoms with Crippen LogP contribution in [0.1, 0.15) is 51.2 Å². The summed E-state index contributed by atoms with van der Waals surface area (Å²) < 4.78 is 0. The SMILES string of the molecule is CC1=C(C(=O)O)C(c2cccc(Cl)c2)N(CCCNCC(=O)c2ccc(C(=O)c3ccccc3)cc2)C(=O)N1. The number of carbonyl (C=O) groups excluding carboxylic acids is 3. The second-order valence-corrected chi connectivity index (χ2v) is 9.59. The monoisotopic (exact) mass is 545 g/mol. The summed E-state index contributed by atoms with van der Waals surface area (Å²) in [7, 11) is 0. The minimum Gasteiger partial charge on any atom is -0.478 e. The number of hydrogen-bond donors (Lipinski definition) is 3. The second kappa shape index (κ2) is 12.5. The third-order valence-corrected chi connectivity index (χ3v) is 6.72. The first kappa shape index (κ1) is 27.8. The van der Waals surface area contributed by atoms with E-state index in [9.17, 15) is 24.3 Å². The Hall–Kier alpha value is -4.27. The van der Waals surface area contributed by atoms with Gasteiger partial charge in [0.25, 0.3) is 0 Å². The zero-order chi connectivity index (χ0) is 27.9. The van der Waals surface area contributed by atoms with Crippen LogP contribution in [0.25, 0.3) is 0 Å². The fourth-order valence-corrected chi connectivity index (χ4v) is 4.75. The summed E-state index contributed by atoms with van der Waals surface area (Å²) in [4.78, 5) is 51.5. The number of allylic oxidation sites excluding steroid dienone is 1. The number of nitrogens with zero attached hydrogens (tertiary/aromatic N) is 1. The van der Waals surface area contributed by atoms with Crippen LogP contribution < -0.4 is 10.6 Å². The Balaban J connectivity index is 1.34. The predicted molar refractivity (Wildman–Crippen MR) is 148 cm³/mol. The summed E-state index contributed by atoms with van der Waals surface area (Å²) in [5, 5.41) is 16.0. The van der Waals surface area contributed by atoms with Gasteiger partial charge in [0.2, 0.25) is 0 Å². The summed E-state index contributed by atoms with van der Waals surface area (Å²) >= 11 is 6.15. The van der Waals surface area contributed by atoms with Gasteiger partial charge in [-0.15, -0.1) is 0 Å². The summed E-state index contributed by atoms with van der Waals surface area (Å²) in [5.41, 5.74) is 2.54. The Morgan fingerprint density at radius 2 is 1.62 bits per heavy atom. The molecule has 0 spiro atoms. The molecule has 2 amide bonds. The van der Waals surface area contributed by atoms with Crippen LogP contribution in [-0.4, -0.2) is 53.2 Å². The number of rotatable bonds is 11. The van der Waals surface area contributed by atoms with Gasteiger partial charge in [-0.05, 0) is 37.6 Å². The quantitative estimate of drug-likeness (QED) is 0.234. The van der Waals surface area contributed by atoms with E-state index in [0.717, 1.165) is 0 Å². The lowest BCUT2D eigenvalue weighted by atomic mass is 9.93. The number of ketones is 2. The number of nitrogens with one attached hydrogen (secondary N) is 2. The van der Waals surface area contributed by atoms with E-state index in [0.29, 0.717) is 40.2 Å². The van der Waals surface area contributed by atoms with Gasteiger partial charge in [-0.2, -0.15) is 0 Å². The van der Waals surface area contributed by atoms with Crippen molar-refractivity contribution < 1.29 is 24.3 Å². The third kappa shape index (κ3) is 6.60. The first-order valence-corrected chi connectivity index (χ1v) is 12.8. The van der Waals surface area contributed by atoms with Crippen molar-refractivity contribution in [3.05, 3.63) is 117 Å². The second-order valence-electron chi connectivity index (χ2n) is 9.15. The molecule has 0 fully saturated rings. The molecule has 3 N–H and O–H groups in total. The molecule has 1 unspecified atom stereocenters. The molecule has 0 radical (unpaired) electrons. The highest BCUT2D eigenvalue weighted by molar-refractivity contribution is 6.30. The van der Waals surface area contributed by atoms with Crippen LogP contribution >= 0.6 is 11.6 Å². The van der Waals surface area contributed by atoms with Gasteiger partial charge in [0.15, 0.2) is 11.6 Å². The lowest BCUT2D eigenvalue weighted by Gasteiger charge is -2.37. The fourth-order valence-electron chi connectivity index (χ4n) is 4.55. The number of halogens is 1. The van der Waals surface area contributed by atoms with E-state index in [1.807, 2.05) is 6.07 Å². The minimum absolute atomic E-state index is 0.0780. The van der Waals surface area contributed by atoms with Crippen LogP contribution in [0, 0.1) is 0 Å². The molecule has 8 nitrogen and oxygen atoms in total. The molecule has 1 atom stereocenters. The number of carboxylic acid groups (broad SMARTS) is 1. The smallest absolute Gasteiger partial charge is 0.335 e. The Kier molecular flexibility index (Phi) is 8.91. The standard InChI is InChI=1S/C30H28ClN3O5/c1-19-26(29(37)38)27(23-9-5-10-24(31)17-23)34(30(39)33-19)16-6-15-32-18-25(35)20-11-13-22(14-12-20)28(36)21-7-3-2-4-8-21/h2-5,7-14,17,27,32H,6,15-16,18H2,1H3,(H,33,39)(H,37,38). The van der Waals surface area contributed by atoms with E-state index < -0.39 is 18.0 Å². The first-order valence-electron chi connectivity index (χ1n) is 12.5. The maximum atomic E-state index is 12.8. The molecule has 39 heavy (non-hydrogen) atoms. The number of amides is 2. The maximum absolute atomic E-state index is 12.8. The molecule has 3 aromatic carbocycles. The zero-order valence-electron chi connectivity index (χ0n) is 21.3. The molecule has 9 heteroatoms. The minimum atomic E-state index is -1.12. The Morgan fingerprint density at radius 1 is 0.949 bits per heavy atom. The summed E-state index contributed by atoms with van der Waals surface area (Å²) in [5.74, 6) is -1.36. The van der Waals surface area contributed by atoms with Gasteiger partial charge < -0.3 is 20.6 Å². The number of carbonyl (C=O) groups is 4. The number of aliphatic carboxylic acids is 1. The zero-order valence-corrected chi connectivity index (χ0v) is 22.1. The van der Waals surface area contributed by atoms with Gasteiger partial charge >= 0.3 is 12.0 Å². The van der Waals surface area contributed by atoms with Gasteiger partial charge in [-0.1, -0.05) is 78.3 Å². The van der Waals surface area contributed by atoms with Crippen molar-refractivity contribution in [3.63, 3.8) is 0 Å². The van der Waals surface area contributed by atoms with Crippen molar-refractivity contribution >= 4 is 35.2 Å². The van der Waals surface area contributed by atoms with E-state index in [-0.39, 0.29) is 35.9 Å². The highest BCUT2D eigenvalue weighted by Crippen LogP contribution is 2.34. The number of carboxylic acids is 1. The Labute approximate surface area is 231 Å². The fraction of sp³-hybridized carbons (Fsp3) is 0.200. The number of urea groups is 1. The molecular weight excluding hydrogens is 518 g/mol. The first-order chi connectivity index (χ1) is 18.8. The summed E-state index contributed by atoms with van der Waals surface area (Å²) in [6, 6.07) is 21.1. The molecule has 3 aromatic rings. The lowest BCUT2D eigenvalue weighted by Crippen LogP contribution is -2.49. The number of Topliss-reactive ketones (excluding diaryl/α,β-unsaturated/α-hetero) is 1. The third-order valence-electron chi connectivity index (χ3n) is 6.48. The van der Waals surface area contributed by atoms with Crippen LogP contribution in [-0.2, 0) is 4.79 Å². The van der Waals surface area contributed by atoms with Crippen molar-refractivity contribution in [2.45, 2.75) is 19.4 Å². The van der Waals surface area contributed by atoms with Crippen LogP contribution in [0.4, 0.5) is 4.79 Å². The van der Waals surface area contributed by atoms with E-state index in [4.69, 9.17) is 11.6 Å². The molecule has 4 rings (SSSR count). The molecular formula is C30H28ClN3O5. The average Bonchev–Trinajstić information content (AvgIpc) is 2.93. The molecule has 0 saturated carbocycles. The summed E-state index contributed by atoms with van der Waals surface area (Å²) in [6.07, 6.45) is 0.480. The van der Waals surface area contributed by atoms with Gasteiger partial charge in [0.1, 0.15) is 0 Å². The highest BCUT2D eigenvalue weighted by atomic mass is 35.5. The normalized spacial score (nSPS) is 15.2. The van der Waals surface area contributed by atoms with Crippen molar-refractivity contribution in [3.8, 4) is 0 Å². The Morgan fingerprint density at radius 3 is 2.28 bits per heavy atom. The molecule has 0 bridgehead atoms. The van der Waals surface area contributed by atoms with Crippen molar-refractivity contribution in [2.24, 2.45) is 0 Å². The molecule has 0 aromatic heterocycles. The average molecular weight is 546 g/mol. The van der Waals surface area contributed by atoms with Crippen molar-refractivity contribution in [2.75, 3.05) is 19.6 Å². The van der Waals surface area contributed by atoms with Gasteiger partial charge in [0, 0.05) is 34.0 Å². The van der Waals surface area contributed by atoms with E-state index in [2.05, 4.69) is 10.6 Å². The predicted octanol–water partition coefficient (Wildman–Crippen LogP) is 4.86. The van der Waals surface area contributed by atoms with E-state index in [1.54, 1.807) is 79.7 Å². The van der Waals surface area contributed by atoms with Crippen LogP contribution in [0.2, 0.25) is 5.02 Å². The van der Waals surface area contributed by atoms with Crippen molar-refractivity contribution in [1.82, 2.24) is 15.5 Å². The topological polar surface area (TPSA) is 116 Å². The van der Waals surface area contributed by atoms with Gasteiger partial charge in [-0.25, -0.2) is 9.59 Å². The van der Waals surface area contributed by atoms with Gasteiger partial charge in [-0.3, -0.25) is 9.59 Å². The molecule has 200 valence electrons. The molecule has 1 heterocycles. The highest BCUT2D eigenvalue weighted by Gasteiger charge is 2.37. The maximum Gasteiger partial charge on any atom is 0.335 e. The molecule has 1 aliphatic rings. The van der Waals surface area contributed by atoms with E-state index >= 15 is 0 Å². The molecule has 0 aliphatic carbocycles. The molecule has 0 saturated heterocycles. The van der Waals surface area contributed by atoms with Crippen LogP contribution in [0.5, 0.6) is 0 Å². The molecule has 1 aliphatic heterocycles. The van der Waals surface area contributed by atoms with Crippen LogP contribution in [0.3, 0.4) is 0 Å². The van der Waals surface area contributed by atoms with Gasteiger partial charge in [0.05, 0.1) is 18.2 Å². The summed E-state index contributed by atoms with van der Waals surface area (Å²) in [6.45, 7) is 2.32. The van der Waals surface area contributed by atoms with Crippen LogP contribution in [0.15, 0.2) is 90.1 Å². The largest absolute Gasteiger partial charge is 0.478 e. The lowest BCUT2D eigenvalue weighted by molar-refractivity contribution is -0.133. The van der Waals surface area contributed by atoms with E-state index in [1.165, 1.54) is 4.90 Å². The number of hydrogen-bond acceptors (Lipinski definition) is 5. The van der Waals surface area contributed by atoms with Crippen molar-refractivity contribution in [1.29, 1.82) is 0 Å². The number of benzene rings is 3.